The van der Waals surface area contributed by atoms with E-state index in [9.17, 15) is 21.4 Å². The molecule has 0 unspecified atom stereocenters. The van der Waals surface area contributed by atoms with E-state index in [1.54, 1.807) is 0 Å². The van der Waals surface area contributed by atoms with Gasteiger partial charge in [-0.05, 0) is 58.7 Å². The van der Waals surface area contributed by atoms with E-state index >= 15 is 0 Å². The minimum atomic E-state index is -4.62. The summed E-state index contributed by atoms with van der Waals surface area (Å²) >= 11 is 0. The maximum absolute atomic E-state index is 13.2. The maximum atomic E-state index is 13.2. The van der Waals surface area contributed by atoms with Crippen LogP contribution in [0, 0.1) is 0 Å². The van der Waals surface area contributed by atoms with Gasteiger partial charge in [-0.15, -0.1) is 0 Å². The van der Waals surface area contributed by atoms with Crippen LogP contribution in [-0.2, 0) is 20.2 Å². The number of benzene rings is 2. The molecule has 160 valence electrons. The zero-order valence-corrected chi connectivity index (χ0v) is 22.1. The average Bonchev–Trinajstić information content (AvgIpc) is 2.59. The molecule has 0 atom stereocenters. The van der Waals surface area contributed by atoms with Crippen molar-refractivity contribution in [2.45, 2.75) is 69.1 Å². The summed E-state index contributed by atoms with van der Waals surface area (Å²) in [5.74, 6) is 0.0825. The van der Waals surface area contributed by atoms with Gasteiger partial charge in [0.25, 0.3) is 0 Å². The van der Waals surface area contributed by atoms with Gasteiger partial charge in [-0.2, -0.15) is 8.42 Å². The standard InChI is InChI=1S/C21H28O6S2.Na/c1-13(2)16-11-19(14(3)4)21(20(12-16)15(5)6)29(25,26)27-17-7-9-18(10-8-17)28(22,23)24;/h7-15H,1-6H3,(H,22,23,24);/q;+1/p-1. The largest absolute Gasteiger partial charge is 1.00 e. The SMILES string of the molecule is CC(C)c1cc(C(C)C)c(S(=O)(=O)Oc2ccc(S(=O)(=O)[O-])cc2)c(C(C)C)c1.[Na+]. The van der Waals surface area contributed by atoms with Crippen LogP contribution in [0.5, 0.6) is 5.75 Å². The van der Waals surface area contributed by atoms with E-state index < -0.39 is 25.1 Å². The second kappa shape index (κ2) is 10.1. The van der Waals surface area contributed by atoms with E-state index in [1.807, 2.05) is 39.8 Å². The van der Waals surface area contributed by atoms with Crippen LogP contribution in [0.2, 0.25) is 0 Å². The first-order valence-electron chi connectivity index (χ1n) is 9.42. The Balaban J connectivity index is 0.00000450. The van der Waals surface area contributed by atoms with Gasteiger partial charge in [-0.1, -0.05) is 53.7 Å². The molecule has 2 aromatic rings. The van der Waals surface area contributed by atoms with Crippen molar-refractivity contribution >= 4 is 20.2 Å². The van der Waals surface area contributed by atoms with Gasteiger partial charge in [0, 0.05) is 0 Å². The maximum Gasteiger partial charge on any atom is 1.00 e. The molecule has 9 heteroatoms. The molecule has 2 rings (SSSR count). The van der Waals surface area contributed by atoms with Crippen LogP contribution >= 0.6 is 0 Å². The van der Waals surface area contributed by atoms with Gasteiger partial charge in [0.15, 0.2) is 0 Å². The molecule has 0 spiro atoms. The third kappa shape index (κ3) is 6.31. The summed E-state index contributed by atoms with van der Waals surface area (Å²) in [6.45, 7) is 11.8. The fourth-order valence-corrected chi connectivity index (χ4v) is 5.09. The molecular formula is C21H27NaO6S2. The van der Waals surface area contributed by atoms with Crippen molar-refractivity contribution in [2.75, 3.05) is 0 Å². The molecule has 30 heavy (non-hydrogen) atoms. The van der Waals surface area contributed by atoms with Crippen molar-refractivity contribution in [3.63, 3.8) is 0 Å². The second-order valence-corrected chi connectivity index (χ2v) is 10.8. The first-order valence-corrected chi connectivity index (χ1v) is 12.2. The van der Waals surface area contributed by atoms with Gasteiger partial charge in [-0.25, -0.2) is 8.42 Å². The Morgan fingerprint density at radius 2 is 1.20 bits per heavy atom. The van der Waals surface area contributed by atoms with Gasteiger partial charge in [0.1, 0.15) is 20.8 Å². The molecule has 0 aliphatic heterocycles. The molecule has 2 aromatic carbocycles. The van der Waals surface area contributed by atoms with Crippen LogP contribution in [0.3, 0.4) is 0 Å². The molecule has 0 N–H and O–H groups in total. The normalized spacial score (nSPS) is 12.3. The molecule has 0 aromatic heterocycles. The Labute approximate surface area is 202 Å². The third-order valence-electron chi connectivity index (χ3n) is 4.65. The summed E-state index contributed by atoms with van der Waals surface area (Å²) in [5.41, 5.74) is 2.42. The first-order chi connectivity index (χ1) is 13.2. The van der Waals surface area contributed by atoms with Crippen LogP contribution < -0.4 is 33.7 Å². The zero-order chi connectivity index (χ0) is 22.1. The van der Waals surface area contributed by atoms with Crippen molar-refractivity contribution in [3.8, 4) is 5.75 Å². The minimum Gasteiger partial charge on any atom is -0.744 e. The Bertz CT molecular complexity index is 1060. The molecule has 0 bridgehead atoms. The third-order valence-corrected chi connectivity index (χ3v) is 6.88. The summed E-state index contributed by atoms with van der Waals surface area (Å²) in [4.78, 5) is -0.304. The molecule has 0 saturated carbocycles. The fourth-order valence-electron chi connectivity index (χ4n) is 3.01. The molecule has 0 fully saturated rings. The van der Waals surface area contributed by atoms with E-state index in [0.717, 1.165) is 29.8 Å². The minimum absolute atomic E-state index is 0. The molecular weight excluding hydrogens is 435 g/mol. The summed E-state index contributed by atoms with van der Waals surface area (Å²) in [7, 11) is -8.80. The van der Waals surface area contributed by atoms with Gasteiger partial charge in [0.05, 0.1) is 4.90 Å². The summed E-state index contributed by atoms with van der Waals surface area (Å²) < 4.78 is 64.9. The van der Waals surface area contributed by atoms with Crippen molar-refractivity contribution in [3.05, 3.63) is 53.1 Å². The Morgan fingerprint density at radius 1 is 0.767 bits per heavy atom. The van der Waals surface area contributed by atoms with Crippen molar-refractivity contribution < 1.29 is 55.1 Å². The molecule has 0 saturated heterocycles. The molecule has 0 radical (unpaired) electrons. The van der Waals surface area contributed by atoms with E-state index in [0.29, 0.717) is 11.1 Å². The number of rotatable bonds is 7. The van der Waals surface area contributed by atoms with Crippen LogP contribution in [0.25, 0.3) is 0 Å². The smallest absolute Gasteiger partial charge is 0.744 e. The number of hydrogen-bond acceptors (Lipinski definition) is 6. The Hall–Kier alpha value is -0.900. The van der Waals surface area contributed by atoms with E-state index in [4.69, 9.17) is 4.18 Å². The van der Waals surface area contributed by atoms with Gasteiger partial charge < -0.3 is 8.74 Å². The van der Waals surface area contributed by atoms with Gasteiger partial charge >= 0.3 is 39.7 Å². The molecule has 0 heterocycles. The van der Waals surface area contributed by atoms with E-state index in [2.05, 4.69) is 13.8 Å². The predicted octanol–water partition coefficient (Wildman–Crippen LogP) is 1.73. The second-order valence-electron chi connectivity index (χ2n) is 7.96. The molecule has 0 aliphatic carbocycles. The summed E-state index contributed by atoms with van der Waals surface area (Å²) in [6, 6.07) is 8.20. The van der Waals surface area contributed by atoms with E-state index in [1.165, 1.54) is 0 Å². The average molecular weight is 463 g/mol. The summed E-state index contributed by atoms with van der Waals surface area (Å²) in [5, 5.41) is 0. The van der Waals surface area contributed by atoms with Crippen molar-refractivity contribution in [2.24, 2.45) is 0 Å². The molecule has 6 nitrogen and oxygen atoms in total. The topological polar surface area (TPSA) is 101 Å². The van der Waals surface area contributed by atoms with Crippen molar-refractivity contribution in [1.29, 1.82) is 0 Å². The Kier molecular flexibility index (Phi) is 9.18. The van der Waals surface area contributed by atoms with Crippen LogP contribution in [0.4, 0.5) is 0 Å². The Morgan fingerprint density at radius 3 is 1.53 bits per heavy atom. The predicted molar refractivity (Wildman–Crippen MR) is 111 cm³/mol. The summed E-state index contributed by atoms with van der Waals surface area (Å²) in [6.07, 6.45) is 0. The monoisotopic (exact) mass is 462 g/mol. The fraction of sp³-hybridized carbons (Fsp3) is 0.429. The zero-order valence-electron chi connectivity index (χ0n) is 18.5. The van der Waals surface area contributed by atoms with Crippen LogP contribution in [0.1, 0.15) is 76.0 Å². The first kappa shape index (κ1) is 27.1. The van der Waals surface area contributed by atoms with Crippen molar-refractivity contribution in [1.82, 2.24) is 0 Å². The molecule has 0 amide bonds. The number of hydrogen-bond donors (Lipinski definition) is 0. The van der Waals surface area contributed by atoms with Gasteiger partial charge in [0.2, 0.25) is 0 Å². The van der Waals surface area contributed by atoms with E-state index in [-0.39, 0.29) is 58.0 Å². The quantitative estimate of drug-likeness (QED) is 0.353. The van der Waals surface area contributed by atoms with Crippen LogP contribution in [-0.4, -0.2) is 21.4 Å². The molecule has 0 aliphatic rings. The van der Waals surface area contributed by atoms with Crippen LogP contribution in [0.15, 0.2) is 46.2 Å². The van der Waals surface area contributed by atoms with Gasteiger partial charge in [-0.3, -0.25) is 0 Å².